The van der Waals surface area contributed by atoms with Crippen LogP contribution in [0.4, 0.5) is 0 Å². The molecule has 2 saturated heterocycles. The Kier molecular flexibility index (Phi) is 13.4. The zero-order chi connectivity index (χ0) is 35.9. The fourth-order valence-electron chi connectivity index (χ4n) is 4.67. The fraction of sp³-hybridized carbons (Fsp3) is 0.278. The Balaban J connectivity index is 1.27. The number of rotatable bonds is 16. The maximum Gasteiger partial charge on any atom is 0.349 e. The maximum atomic E-state index is 12.9. The molecule has 4 atom stereocenters. The number of nitriles is 1. The fourth-order valence-corrected chi connectivity index (χ4v) is 4.67. The summed E-state index contributed by atoms with van der Waals surface area (Å²) in [4.78, 5) is 51.2. The van der Waals surface area contributed by atoms with Crippen molar-refractivity contribution in [2.75, 3.05) is 39.6 Å². The summed E-state index contributed by atoms with van der Waals surface area (Å²) in [5.41, 5.74) is 0.527. The quantitative estimate of drug-likeness (QED) is 0.0630. The minimum Gasteiger partial charge on any atom is -0.490 e. The van der Waals surface area contributed by atoms with E-state index in [0.29, 0.717) is 22.6 Å². The van der Waals surface area contributed by atoms with Gasteiger partial charge in [-0.1, -0.05) is 37.4 Å². The van der Waals surface area contributed by atoms with Crippen molar-refractivity contribution in [1.29, 1.82) is 5.26 Å². The summed E-state index contributed by atoms with van der Waals surface area (Å²) in [6.07, 6.45) is 1.57. The second kappa shape index (κ2) is 18.4. The van der Waals surface area contributed by atoms with E-state index in [9.17, 15) is 24.4 Å². The summed E-state index contributed by atoms with van der Waals surface area (Å²) in [6.45, 7) is 14.3. The van der Waals surface area contributed by atoms with Gasteiger partial charge in [0.1, 0.15) is 61.8 Å². The number of benzene rings is 2. The lowest BCUT2D eigenvalue weighted by Crippen LogP contribution is -2.36. The predicted molar refractivity (Wildman–Crippen MR) is 174 cm³/mol. The Morgan fingerprint density at radius 2 is 1.22 bits per heavy atom. The van der Waals surface area contributed by atoms with Gasteiger partial charge in [0.25, 0.3) is 5.70 Å². The van der Waals surface area contributed by atoms with Gasteiger partial charge in [-0.2, -0.15) is 5.26 Å². The van der Waals surface area contributed by atoms with E-state index < -0.39 is 48.3 Å². The van der Waals surface area contributed by atoms with Crippen molar-refractivity contribution in [2.45, 2.75) is 24.4 Å². The van der Waals surface area contributed by atoms with E-state index in [1.165, 1.54) is 12.2 Å². The molecule has 2 aromatic carbocycles. The average Bonchev–Trinajstić information content (AvgIpc) is 3.73. The predicted octanol–water partition coefficient (Wildman–Crippen LogP) is 3.39. The van der Waals surface area contributed by atoms with Gasteiger partial charge in [-0.05, 0) is 47.5 Å². The normalized spacial score (nSPS) is 19.5. The van der Waals surface area contributed by atoms with Gasteiger partial charge in [0, 0.05) is 12.2 Å². The largest absolute Gasteiger partial charge is 0.490 e. The molecule has 0 radical (unpaired) electrons. The minimum absolute atomic E-state index is 0.0448. The molecule has 2 fully saturated rings. The van der Waals surface area contributed by atoms with Gasteiger partial charge in [-0.15, -0.1) is 0 Å². The van der Waals surface area contributed by atoms with Crippen molar-refractivity contribution in [3.05, 3.63) is 108 Å². The van der Waals surface area contributed by atoms with Crippen molar-refractivity contribution in [3.63, 3.8) is 0 Å². The van der Waals surface area contributed by atoms with Gasteiger partial charge >= 0.3 is 23.9 Å². The molecular weight excluding hydrogens is 652 g/mol. The smallest absolute Gasteiger partial charge is 0.349 e. The molecule has 258 valence electrons. The van der Waals surface area contributed by atoms with Gasteiger partial charge in [0.2, 0.25) is 0 Å². The Hall–Kier alpha value is -6.22. The molecule has 4 rings (SSSR count). The molecule has 0 aromatic heterocycles. The third-order valence-corrected chi connectivity index (χ3v) is 7.05. The van der Waals surface area contributed by atoms with Crippen LogP contribution in [0.5, 0.6) is 11.5 Å². The lowest BCUT2D eigenvalue weighted by atomic mass is 10.1. The zero-order valence-electron chi connectivity index (χ0n) is 26.7. The SMILES string of the molecule is [C-]#[N+]/C(=C\c1ccc(OCCOC(=O)C=C)cc1)C(=O)O[C@H]1CO[C@H]2[C@@H]1OC[C@H]2OC(=O)/C(C#N)=C/c1ccc(OCCOC(=O)C=C)cc1. The van der Waals surface area contributed by atoms with Crippen LogP contribution < -0.4 is 9.47 Å². The number of ether oxygens (including phenoxy) is 8. The molecule has 0 amide bonds. The number of hydrogen-bond acceptors (Lipinski definition) is 13. The first-order chi connectivity index (χ1) is 24.2. The molecule has 0 aliphatic carbocycles. The van der Waals surface area contributed by atoms with E-state index in [1.54, 1.807) is 48.5 Å². The van der Waals surface area contributed by atoms with Gasteiger partial charge in [0.05, 0.1) is 19.8 Å². The molecule has 50 heavy (non-hydrogen) atoms. The summed E-state index contributed by atoms with van der Waals surface area (Å²) in [6, 6.07) is 14.9. The van der Waals surface area contributed by atoms with E-state index in [0.717, 1.165) is 12.2 Å². The Labute approximate surface area is 287 Å². The van der Waals surface area contributed by atoms with E-state index >= 15 is 0 Å². The highest BCUT2D eigenvalue weighted by atomic mass is 16.7. The number of fused-ring (bicyclic) bond motifs is 1. The van der Waals surface area contributed by atoms with Crippen molar-refractivity contribution in [2.24, 2.45) is 0 Å². The Bertz CT molecular complexity index is 1590. The second-order valence-electron chi connectivity index (χ2n) is 10.4. The van der Waals surface area contributed by atoms with Crippen LogP contribution in [-0.4, -0.2) is 87.9 Å². The monoisotopic (exact) mass is 684 g/mol. The number of carbonyl (C=O) groups excluding carboxylic acids is 4. The highest BCUT2D eigenvalue weighted by molar-refractivity contribution is 5.98. The Morgan fingerprint density at radius 1 is 0.760 bits per heavy atom. The van der Waals surface area contributed by atoms with Crippen LogP contribution in [0.2, 0.25) is 0 Å². The van der Waals surface area contributed by atoms with Crippen LogP contribution in [0.3, 0.4) is 0 Å². The molecule has 0 unspecified atom stereocenters. The van der Waals surface area contributed by atoms with E-state index in [2.05, 4.69) is 18.0 Å². The van der Waals surface area contributed by atoms with Crippen molar-refractivity contribution in [1.82, 2.24) is 0 Å². The first-order valence-electron chi connectivity index (χ1n) is 15.1. The van der Waals surface area contributed by atoms with Crippen molar-refractivity contribution >= 4 is 36.0 Å². The van der Waals surface area contributed by atoms with Gasteiger partial charge in [-0.3, -0.25) is 4.79 Å². The topological polar surface area (TPSA) is 170 Å². The highest BCUT2D eigenvalue weighted by Crippen LogP contribution is 2.32. The van der Waals surface area contributed by atoms with Crippen LogP contribution in [0.25, 0.3) is 17.0 Å². The molecule has 2 heterocycles. The molecular formula is C36H32N2O12. The number of carbonyl (C=O) groups is 4. The lowest BCUT2D eigenvalue weighted by Gasteiger charge is -2.17. The van der Waals surface area contributed by atoms with Gasteiger partial charge in [-0.25, -0.2) is 19.2 Å². The second-order valence-corrected chi connectivity index (χ2v) is 10.4. The maximum absolute atomic E-state index is 12.9. The number of esters is 4. The Morgan fingerprint density at radius 3 is 1.66 bits per heavy atom. The molecule has 2 aliphatic heterocycles. The standard InChI is InChI=1S/C36H32N2O12/c1-4-31(39)45-16-14-43-26-10-6-23(7-11-26)18-25(20-37)35(41)49-29-21-47-34-30(22-48-33(29)34)50-36(42)28(38-3)19-24-8-12-27(13-9-24)44-15-17-46-32(40)5-2/h4-13,18-19,29-30,33-34H,1-2,14-17,21-22H2/b25-18+,28-19-/t29-,30+,33-,34-/m1/s1. The summed E-state index contributed by atoms with van der Waals surface area (Å²) < 4.78 is 43.2. The van der Waals surface area contributed by atoms with Gasteiger partial charge in [0.15, 0.2) is 12.2 Å². The summed E-state index contributed by atoms with van der Waals surface area (Å²) in [5.74, 6) is -1.90. The molecule has 0 saturated carbocycles. The van der Waals surface area contributed by atoms with Crippen LogP contribution in [-0.2, 0) is 47.6 Å². The summed E-state index contributed by atoms with van der Waals surface area (Å²) in [5, 5.41) is 9.62. The average molecular weight is 685 g/mol. The molecule has 2 aromatic rings. The zero-order valence-corrected chi connectivity index (χ0v) is 26.7. The number of nitrogens with zero attached hydrogens (tertiary/aromatic N) is 2. The third-order valence-electron chi connectivity index (χ3n) is 7.05. The van der Waals surface area contributed by atoms with Crippen LogP contribution in [0.1, 0.15) is 11.1 Å². The summed E-state index contributed by atoms with van der Waals surface area (Å²) >= 11 is 0. The highest BCUT2D eigenvalue weighted by Gasteiger charge is 2.51. The number of hydrogen-bond donors (Lipinski definition) is 0. The van der Waals surface area contributed by atoms with Gasteiger partial charge < -0.3 is 37.9 Å². The molecule has 14 heteroatoms. The van der Waals surface area contributed by atoms with E-state index in [1.807, 2.05) is 6.07 Å². The molecule has 0 bridgehead atoms. The van der Waals surface area contributed by atoms with Crippen LogP contribution in [0.15, 0.2) is 85.1 Å². The molecule has 14 nitrogen and oxygen atoms in total. The summed E-state index contributed by atoms with van der Waals surface area (Å²) in [7, 11) is 0. The molecule has 2 aliphatic rings. The van der Waals surface area contributed by atoms with E-state index in [-0.39, 0.29) is 50.9 Å². The first-order valence-corrected chi connectivity index (χ1v) is 15.1. The molecule has 0 N–H and O–H groups in total. The van der Waals surface area contributed by atoms with Crippen LogP contribution in [0, 0.1) is 17.9 Å². The van der Waals surface area contributed by atoms with Crippen molar-refractivity contribution in [3.8, 4) is 17.6 Å². The third kappa shape index (κ3) is 10.4. The first kappa shape index (κ1) is 36.6. The lowest BCUT2D eigenvalue weighted by molar-refractivity contribution is -0.150. The molecule has 0 spiro atoms. The van der Waals surface area contributed by atoms with Crippen molar-refractivity contribution < 1.29 is 57.1 Å². The van der Waals surface area contributed by atoms with E-state index in [4.69, 9.17) is 44.5 Å². The minimum atomic E-state index is -0.888. The van der Waals surface area contributed by atoms with Crippen LogP contribution >= 0.6 is 0 Å².